The van der Waals surface area contributed by atoms with Gasteiger partial charge in [-0.3, -0.25) is 0 Å². The second-order valence-corrected chi connectivity index (χ2v) is 4.89. The first-order valence-corrected chi connectivity index (χ1v) is 5.68. The van der Waals surface area contributed by atoms with Gasteiger partial charge in [-0.2, -0.15) is 0 Å². The Labute approximate surface area is 101 Å². The molecule has 0 atom stereocenters. The van der Waals surface area contributed by atoms with E-state index in [1.54, 1.807) is 11.6 Å². The molecule has 0 aliphatic rings. The fourth-order valence-corrected chi connectivity index (χ4v) is 1.33. The second kappa shape index (κ2) is 5.27. The fraction of sp³-hybridized carbons (Fsp3) is 0.727. The van der Waals surface area contributed by atoms with Gasteiger partial charge >= 0.3 is 5.97 Å². The minimum absolute atomic E-state index is 0.275. The lowest BCUT2D eigenvalue weighted by Crippen LogP contribution is -2.24. The van der Waals surface area contributed by atoms with Crippen molar-refractivity contribution in [3.05, 3.63) is 11.4 Å². The van der Waals surface area contributed by atoms with E-state index in [0.29, 0.717) is 18.8 Å². The highest BCUT2D eigenvalue weighted by atomic mass is 16.6. The quantitative estimate of drug-likeness (QED) is 0.790. The molecule has 0 saturated carbocycles. The van der Waals surface area contributed by atoms with Crippen LogP contribution in [0.25, 0.3) is 0 Å². The molecule has 0 aliphatic heterocycles. The van der Waals surface area contributed by atoms with Gasteiger partial charge in [0.1, 0.15) is 5.60 Å². The molecule has 0 bridgehead atoms. The normalized spacial score (nSPS) is 11.6. The molecule has 17 heavy (non-hydrogen) atoms. The number of carbonyl (C=O) groups is 1. The van der Waals surface area contributed by atoms with Gasteiger partial charge in [0, 0.05) is 6.54 Å². The van der Waals surface area contributed by atoms with E-state index in [9.17, 15) is 4.79 Å². The van der Waals surface area contributed by atoms with E-state index in [0.717, 1.165) is 6.42 Å². The molecule has 6 heteroatoms. The monoisotopic (exact) mass is 240 g/mol. The van der Waals surface area contributed by atoms with Gasteiger partial charge in [0.15, 0.2) is 5.69 Å². The summed E-state index contributed by atoms with van der Waals surface area (Å²) in [6.45, 7) is 8.51. The molecule has 2 N–H and O–H groups in total. The van der Waals surface area contributed by atoms with Crippen LogP contribution in [0.15, 0.2) is 0 Å². The van der Waals surface area contributed by atoms with Crippen molar-refractivity contribution < 1.29 is 9.53 Å². The summed E-state index contributed by atoms with van der Waals surface area (Å²) in [7, 11) is 0. The van der Waals surface area contributed by atoms with E-state index in [4.69, 9.17) is 10.5 Å². The second-order valence-electron chi connectivity index (χ2n) is 4.89. The van der Waals surface area contributed by atoms with Gasteiger partial charge in [0.25, 0.3) is 0 Å². The average molecular weight is 240 g/mol. The van der Waals surface area contributed by atoms with E-state index >= 15 is 0 Å². The standard InChI is InChI=1S/C11H20N4O2/c1-8-9(10(16)17-11(2,3)4)13-14-15(8)7-5-6-12/h5-7,12H2,1-4H3. The van der Waals surface area contributed by atoms with Crippen LogP contribution >= 0.6 is 0 Å². The summed E-state index contributed by atoms with van der Waals surface area (Å²) < 4.78 is 6.92. The molecule has 0 saturated heterocycles. The minimum Gasteiger partial charge on any atom is -0.455 e. The van der Waals surface area contributed by atoms with Crippen molar-refractivity contribution in [2.45, 2.75) is 46.3 Å². The predicted octanol–water partition coefficient (Wildman–Crippen LogP) is 0.891. The van der Waals surface area contributed by atoms with Crippen molar-refractivity contribution in [2.75, 3.05) is 6.54 Å². The lowest BCUT2D eigenvalue weighted by Gasteiger charge is -2.18. The summed E-state index contributed by atoms with van der Waals surface area (Å²) in [4.78, 5) is 11.8. The number of nitrogens with two attached hydrogens (primary N) is 1. The molecule has 96 valence electrons. The summed E-state index contributed by atoms with van der Waals surface area (Å²) in [5.41, 5.74) is 5.89. The van der Waals surface area contributed by atoms with Crippen LogP contribution in [0.5, 0.6) is 0 Å². The predicted molar refractivity (Wildman–Crippen MR) is 63.6 cm³/mol. The average Bonchev–Trinajstić information content (AvgIpc) is 2.54. The zero-order valence-corrected chi connectivity index (χ0v) is 10.9. The molecule has 6 nitrogen and oxygen atoms in total. The molecular weight excluding hydrogens is 220 g/mol. The Bertz CT molecular complexity index is 393. The molecule has 1 aromatic rings. The smallest absolute Gasteiger partial charge is 0.361 e. The highest BCUT2D eigenvalue weighted by molar-refractivity contribution is 5.88. The van der Waals surface area contributed by atoms with Crippen LogP contribution in [0.2, 0.25) is 0 Å². The Kier molecular flexibility index (Phi) is 4.22. The Morgan fingerprint density at radius 2 is 2.12 bits per heavy atom. The van der Waals surface area contributed by atoms with Gasteiger partial charge in [-0.15, -0.1) is 5.10 Å². The first-order chi connectivity index (χ1) is 7.85. The van der Waals surface area contributed by atoms with E-state index in [1.807, 2.05) is 20.8 Å². The number of hydrogen-bond donors (Lipinski definition) is 1. The van der Waals surface area contributed by atoms with E-state index in [2.05, 4.69) is 10.3 Å². The first kappa shape index (κ1) is 13.6. The molecule has 0 fully saturated rings. The minimum atomic E-state index is -0.523. The van der Waals surface area contributed by atoms with Crippen LogP contribution in [-0.4, -0.2) is 33.1 Å². The summed E-state index contributed by atoms with van der Waals surface area (Å²) >= 11 is 0. The largest absolute Gasteiger partial charge is 0.455 e. The molecule has 0 radical (unpaired) electrons. The Morgan fingerprint density at radius 1 is 1.47 bits per heavy atom. The molecule has 0 amide bonds. The van der Waals surface area contributed by atoms with Gasteiger partial charge < -0.3 is 10.5 Å². The fourth-order valence-electron chi connectivity index (χ4n) is 1.33. The SMILES string of the molecule is Cc1c(C(=O)OC(C)(C)C)nnn1CCCN. The van der Waals surface area contributed by atoms with Crippen LogP contribution in [0.4, 0.5) is 0 Å². The number of nitrogens with zero attached hydrogens (tertiary/aromatic N) is 3. The van der Waals surface area contributed by atoms with Crippen molar-refractivity contribution in [3.63, 3.8) is 0 Å². The number of aryl methyl sites for hydroxylation is 1. The Morgan fingerprint density at radius 3 is 2.65 bits per heavy atom. The Balaban J connectivity index is 2.78. The van der Waals surface area contributed by atoms with Crippen molar-refractivity contribution in [3.8, 4) is 0 Å². The Hall–Kier alpha value is -1.43. The molecule has 1 rings (SSSR count). The van der Waals surface area contributed by atoms with E-state index < -0.39 is 11.6 Å². The summed E-state index contributed by atoms with van der Waals surface area (Å²) in [5.74, 6) is -0.436. The maximum atomic E-state index is 11.8. The number of rotatable bonds is 4. The molecule has 0 unspecified atom stereocenters. The van der Waals surface area contributed by atoms with Gasteiger partial charge in [-0.05, 0) is 40.7 Å². The lowest BCUT2D eigenvalue weighted by molar-refractivity contribution is 0.00619. The highest BCUT2D eigenvalue weighted by Crippen LogP contribution is 2.13. The van der Waals surface area contributed by atoms with Crippen molar-refractivity contribution in [1.29, 1.82) is 0 Å². The molecular formula is C11H20N4O2. The molecule has 0 spiro atoms. The van der Waals surface area contributed by atoms with Gasteiger partial charge in [-0.25, -0.2) is 9.48 Å². The van der Waals surface area contributed by atoms with Gasteiger partial charge in [0.2, 0.25) is 0 Å². The lowest BCUT2D eigenvalue weighted by atomic mass is 10.2. The summed E-state index contributed by atoms with van der Waals surface area (Å²) in [5, 5.41) is 7.76. The zero-order valence-electron chi connectivity index (χ0n) is 10.9. The zero-order chi connectivity index (χ0) is 13.1. The molecule has 1 heterocycles. The molecule has 0 aromatic carbocycles. The topological polar surface area (TPSA) is 83.0 Å². The number of hydrogen-bond acceptors (Lipinski definition) is 5. The van der Waals surface area contributed by atoms with Crippen molar-refractivity contribution in [1.82, 2.24) is 15.0 Å². The van der Waals surface area contributed by atoms with Gasteiger partial charge in [-0.1, -0.05) is 5.21 Å². The number of ether oxygens (including phenoxy) is 1. The summed E-state index contributed by atoms with van der Waals surface area (Å²) in [6.07, 6.45) is 0.804. The van der Waals surface area contributed by atoms with Gasteiger partial charge in [0.05, 0.1) is 5.69 Å². The highest BCUT2D eigenvalue weighted by Gasteiger charge is 2.23. The number of carbonyl (C=O) groups excluding carboxylic acids is 1. The third-order valence-electron chi connectivity index (χ3n) is 2.15. The third kappa shape index (κ3) is 3.81. The van der Waals surface area contributed by atoms with Crippen molar-refractivity contribution >= 4 is 5.97 Å². The maximum Gasteiger partial charge on any atom is 0.361 e. The van der Waals surface area contributed by atoms with Crippen molar-refractivity contribution in [2.24, 2.45) is 5.73 Å². The first-order valence-electron chi connectivity index (χ1n) is 5.68. The molecule has 0 aliphatic carbocycles. The molecule has 1 aromatic heterocycles. The maximum absolute atomic E-state index is 11.8. The van der Waals surface area contributed by atoms with Crippen LogP contribution < -0.4 is 5.73 Å². The number of aromatic nitrogens is 3. The van der Waals surface area contributed by atoms with E-state index in [-0.39, 0.29) is 5.69 Å². The van der Waals surface area contributed by atoms with Crippen LogP contribution in [0.1, 0.15) is 43.4 Å². The summed E-state index contributed by atoms with van der Waals surface area (Å²) in [6, 6.07) is 0. The van der Waals surface area contributed by atoms with Crippen LogP contribution in [0.3, 0.4) is 0 Å². The van der Waals surface area contributed by atoms with E-state index in [1.165, 1.54) is 0 Å². The van der Waals surface area contributed by atoms with Crippen LogP contribution in [-0.2, 0) is 11.3 Å². The number of esters is 1. The third-order valence-corrected chi connectivity index (χ3v) is 2.15. The van der Waals surface area contributed by atoms with Crippen LogP contribution in [0, 0.1) is 6.92 Å².